The molecule has 4 aromatic rings. The third kappa shape index (κ3) is 8.43. The van der Waals surface area contributed by atoms with Crippen LogP contribution in [0.15, 0.2) is 112 Å². The highest BCUT2D eigenvalue weighted by Crippen LogP contribution is 2.44. The molecule has 0 aromatic heterocycles. The molecule has 1 aliphatic heterocycles. The molecule has 4 aromatic carbocycles. The first-order valence-corrected chi connectivity index (χ1v) is 17.9. The Morgan fingerprint density at radius 3 is 2.41 bits per heavy atom. The van der Waals surface area contributed by atoms with Crippen molar-refractivity contribution in [2.75, 3.05) is 33.2 Å². The molecular formula is C37H39N5O8S. The number of carbonyl (C=O) groups is 1. The predicted octanol–water partition coefficient (Wildman–Crippen LogP) is 5.71. The van der Waals surface area contributed by atoms with Gasteiger partial charge in [0, 0.05) is 42.0 Å². The summed E-state index contributed by atoms with van der Waals surface area (Å²) in [6.45, 7) is 0.293. The average molecular weight is 714 g/mol. The van der Waals surface area contributed by atoms with E-state index in [0.717, 1.165) is 0 Å². The second-order valence-corrected chi connectivity index (χ2v) is 13.7. The van der Waals surface area contributed by atoms with Crippen molar-refractivity contribution in [3.05, 3.63) is 130 Å². The van der Waals surface area contributed by atoms with E-state index >= 15 is 0 Å². The van der Waals surface area contributed by atoms with Crippen LogP contribution in [0.3, 0.4) is 0 Å². The van der Waals surface area contributed by atoms with Crippen LogP contribution in [-0.4, -0.2) is 64.1 Å². The van der Waals surface area contributed by atoms with E-state index in [9.17, 15) is 13.2 Å². The molecule has 1 heterocycles. The first kappa shape index (κ1) is 36.7. The summed E-state index contributed by atoms with van der Waals surface area (Å²) >= 11 is 0. The zero-order valence-electron chi connectivity index (χ0n) is 28.3. The van der Waals surface area contributed by atoms with Gasteiger partial charge in [0.25, 0.3) is 5.91 Å². The number of rotatable bonds is 17. The summed E-state index contributed by atoms with van der Waals surface area (Å²) in [7, 11) is -0.863. The molecule has 1 amide bonds. The number of aliphatic imine (C=N–C) groups is 1. The Kier molecular flexibility index (Phi) is 12.2. The summed E-state index contributed by atoms with van der Waals surface area (Å²) in [6, 6.07) is 27.2. The molecule has 2 atom stereocenters. The quantitative estimate of drug-likeness (QED) is 0.0604. The van der Waals surface area contributed by atoms with Gasteiger partial charge >= 0.3 is 0 Å². The van der Waals surface area contributed by atoms with Gasteiger partial charge in [-0.25, -0.2) is 13.4 Å². The van der Waals surface area contributed by atoms with E-state index in [0.29, 0.717) is 52.5 Å². The van der Waals surface area contributed by atoms with E-state index in [1.54, 1.807) is 84.9 Å². The van der Waals surface area contributed by atoms with E-state index in [-0.39, 0.29) is 36.9 Å². The van der Waals surface area contributed by atoms with Crippen LogP contribution in [0.4, 0.5) is 0 Å². The van der Waals surface area contributed by atoms with Crippen molar-refractivity contribution in [3.63, 3.8) is 0 Å². The molecule has 0 aliphatic carbocycles. The lowest BCUT2D eigenvalue weighted by molar-refractivity contribution is -0.129. The molecule has 14 heteroatoms. The molecule has 5 rings (SSSR count). The standard InChI is InChI=1S/C37H39N5O8S/c1-47-32-15-8-11-28(33(32)48-2)24-39-36(44)37(20-23-51(45,46)30-12-4-3-5-13-30)34(31-14-7-6-10-27(31)25-40-42-38)50-35(41-37)26-16-18-29(19-17-26)49-22-9-21-43/h3-8,10-19,34,43H,9,20-25H2,1-2H3,(H,39,44)/t34-,37-/m1/s1. The lowest BCUT2D eigenvalue weighted by Crippen LogP contribution is -2.49. The van der Waals surface area contributed by atoms with Gasteiger partial charge in [0.05, 0.1) is 38.0 Å². The largest absolute Gasteiger partial charge is 0.494 e. The van der Waals surface area contributed by atoms with Crippen molar-refractivity contribution >= 4 is 21.6 Å². The number of hydrogen-bond acceptors (Lipinski definition) is 10. The molecule has 0 radical (unpaired) electrons. The number of sulfone groups is 1. The number of para-hydroxylation sites is 1. The second kappa shape index (κ2) is 16.9. The number of azide groups is 1. The van der Waals surface area contributed by atoms with Crippen molar-refractivity contribution in [1.82, 2.24) is 5.32 Å². The Morgan fingerprint density at radius 1 is 0.980 bits per heavy atom. The molecule has 0 bridgehead atoms. The minimum absolute atomic E-state index is 0.00000724. The second-order valence-electron chi connectivity index (χ2n) is 11.6. The van der Waals surface area contributed by atoms with Crippen LogP contribution in [0.2, 0.25) is 0 Å². The van der Waals surface area contributed by atoms with Crippen molar-refractivity contribution in [2.24, 2.45) is 10.1 Å². The lowest BCUT2D eigenvalue weighted by Gasteiger charge is -2.31. The molecule has 0 saturated carbocycles. The Morgan fingerprint density at radius 2 is 1.71 bits per heavy atom. The van der Waals surface area contributed by atoms with Crippen molar-refractivity contribution in [2.45, 2.75) is 42.5 Å². The molecule has 0 saturated heterocycles. The highest BCUT2D eigenvalue weighted by atomic mass is 32.2. The van der Waals surface area contributed by atoms with Crippen LogP contribution >= 0.6 is 0 Å². The minimum Gasteiger partial charge on any atom is -0.494 e. The fourth-order valence-electron chi connectivity index (χ4n) is 5.85. The molecule has 0 unspecified atom stereocenters. The first-order chi connectivity index (χ1) is 24.8. The Labute approximate surface area is 296 Å². The average Bonchev–Trinajstić information content (AvgIpc) is 3.56. The van der Waals surface area contributed by atoms with Gasteiger partial charge in [-0.1, -0.05) is 59.7 Å². The maximum atomic E-state index is 14.7. The Hall–Kier alpha value is -5.56. The Bertz CT molecular complexity index is 2000. The number of aliphatic hydroxyl groups is 1. The van der Waals surface area contributed by atoms with Gasteiger partial charge in [0.1, 0.15) is 5.75 Å². The van der Waals surface area contributed by atoms with E-state index in [1.807, 2.05) is 0 Å². The summed E-state index contributed by atoms with van der Waals surface area (Å²) in [5.41, 5.74) is 9.57. The first-order valence-electron chi connectivity index (χ1n) is 16.2. The van der Waals surface area contributed by atoms with Gasteiger partial charge in [-0.3, -0.25) is 4.79 Å². The summed E-state index contributed by atoms with van der Waals surface area (Å²) in [6.07, 6.45) is -0.895. The monoisotopic (exact) mass is 713 g/mol. The number of amides is 1. The van der Waals surface area contributed by atoms with Gasteiger partial charge in [0.15, 0.2) is 33.0 Å². The van der Waals surface area contributed by atoms with Crippen LogP contribution in [0.25, 0.3) is 10.4 Å². The lowest BCUT2D eigenvalue weighted by atomic mass is 9.83. The summed E-state index contributed by atoms with van der Waals surface area (Å²) < 4.78 is 50.7. The molecule has 0 fully saturated rings. The number of nitrogens with zero attached hydrogens (tertiary/aromatic N) is 4. The molecule has 2 N–H and O–H groups in total. The smallest absolute Gasteiger partial charge is 0.252 e. The molecule has 51 heavy (non-hydrogen) atoms. The van der Waals surface area contributed by atoms with Crippen molar-refractivity contribution in [3.8, 4) is 17.2 Å². The third-order valence-electron chi connectivity index (χ3n) is 8.45. The van der Waals surface area contributed by atoms with Gasteiger partial charge in [-0.05, 0) is 59.1 Å². The maximum absolute atomic E-state index is 14.7. The summed E-state index contributed by atoms with van der Waals surface area (Å²) in [5, 5.41) is 15.8. The molecule has 13 nitrogen and oxygen atoms in total. The number of methoxy groups -OCH3 is 2. The van der Waals surface area contributed by atoms with E-state index in [1.165, 1.54) is 26.4 Å². The maximum Gasteiger partial charge on any atom is 0.252 e. The third-order valence-corrected chi connectivity index (χ3v) is 10.2. The van der Waals surface area contributed by atoms with Gasteiger partial charge < -0.3 is 29.4 Å². The predicted molar refractivity (Wildman–Crippen MR) is 191 cm³/mol. The fourth-order valence-corrected chi connectivity index (χ4v) is 7.23. The fraction of sp³-hybridized carbons (Fsp3) is 0.297. The molecule has 0 spiro atoms. The van der Waals surface area contributed by atoms with Gasteiger partial charge in [0.2, 0.25) is 5.90 Å². The van der Waals surface area contributed by atoms with Crippen LogP contribution in [0.1, 0.15) is 41.2 Å². The van der Waals surface area contributed by atoms with Crippen LogP contribution in [0, 0.1) is 0 Å². The normalized spacial score (nSPS) is 16.7. The van der Waals surface area contributed by atoms with Crippen molar-refractivity contribution in [1.29, 1.82) is 0 Å². The van der Waals surface area contributed by atoms with E-state index < -0.39 is 33.1 Å². The number of aliphatic hydroxyl groups excluding tert-OH is 1. The van der Waals surface area contributed by atoms with E-state index in [4.69, 9.17) is 34.6 Å². The van der Waals surface area contributed by atoms with Gasteiger partial charge in [-0.2, -0.15) is 0 Å². The molecule has 1 aliphatic rings. The van der Waals surface area contributed by atoms with Gasteiger partial charge in [-0.15, -0.1) is 0 Å². The van der Waals surface area contributed by atoms with Crippen molar-refractivity contribution < 1.29 is 37.3 Å². The number of hydrogen-bond donors (Lipinski definition) is 2. The molecule has 266 valence electrons. The van der Waals surface area contributed by atoms with Crippen LogP contribution in [-0.2, 0) is 32.5 Å². The number of carbonyl (C=O) groups excluding carboxylic acids is 1. The van der Waals surface area contributed by atoms with Crippen LogP contribution in [0.5, 0.6) is 17.2 Å². The van der Waals surface area contributed by atoms with Crippen LogP contribution < -0.4 is 19.5 Å². The topological polar surface area (TPSA) is 182 Å². The molecular weight excluding hydrogens is 675 g/mol. The summed E-state index contributed by atoms with van der Waals surface area (Å²) in [5.74, 6) is 0.577. The SMILES string of the molecule is COc1cccc(CNC(=O)[C@]2(CCS(=O)(=O)c3ccccc3)N=C(c3ccc(OCCCO)cc3)O[C@@H]2c2ccccc2CN=[N+]=[N-])c1OC. The minimum atomic E-state index is -3.88. The number of nitrogens with one attached hydrogen (secondary N) is 1. The Balaban J connectivity index is 1.61. The zero-order chi connectivity index (χ0) is 36.3. The highest BCUT2D eigenvalue weighted by molar-refractivity contribution is 7.91. The zero-order valence-corrected chi connectivity index (χ0v) is 29.1. The summed E-state index contributed by atoms with van der Waals surface area (Å²) in [4.78, 5) is 22.7. The highest BCUT2D eigenvalue weighted by Gasteiger charge is 2.54. The number of benzene rings is 4. The number of ether oxygens (including phenoxy) is 4. The van der Waals surface area contributed by atoms with E-state index in [2.05, 4.69) is 15.3 Å².